The van der Waals surface area contributed by atoms with Gasteiger partial charge in [-0.2, -0.15) is 0 Å². The van der Waals surface area contributed by atoms with Crippen LogP contribution in [0.3, 0.4) is 0 Å². The van der Waals surface area contributed by atoms with Crippen molar-refractivity contribution in [2.45, 2.75) is 6.92 Å². The molecule has 0 unspecified atom stereocenters. The molecule has 6 nitrogen and oxygen atoms in total. The SMILES string of the molecule is Cc1cc(C(=O)Nc2nncs2)no1. The van der Waals surface area contributed by atoms with Crippen LogP contribution in [0.25, 0.3) is 0 Å². The number of aryl methyl sites for hydroxylation is 1. The van der Waals surface area contributed by atoms with E-state index in [2.05, 4.69) is 20.7 Å². The number of nitrogens with zero attached hydrogens (tertiary/aromatic N) is 3. The van der Waals surface area contributed by atoms with Gasteiger partial charge in [-0.05, 0) is 6.92 Å². The van der Waals surface area contributed by atoms with Crippen LogP contribution in [0.5, 0.6) is 0 Å². The molecule has 0 aromatic carbocycles. The number of aromatic nitrogens is 3. The molecule has 0 saturated carbocycles. The zero-order chi connectivity index (χ0) is 9.97. The van der Waals surface area contributed by atoms with Crippen LogP contribution < -0.4 is 5.32 Å². The molecule has 7 heteroatoms. The summed E-state index contributed by atoms with van der Waals surface area (Å²) in [4.78, 5) is 11.4. The second kappa shape index (κ2) is 3.54. The lowest BCUT2D eigenvalue weighted by molar-refractivity contribution is 0.101. The van der Waals surface area contributed by atoms with E-state index in [4.69, 9.17) is 4.52 Å². The van der Waals surface area contributed by atoms with Gasteiger partial charge in [0, 0.05) is 6.07 Å². The summed E-state index contributed by atoms with van der Waals surface area (Å²) in [5.74, 6) is 0.242. The van der Waals surface area contributed by atoms with Gasteiger partial charge in [0.25, 0.3) is 5.91 Å². The average Bonchev–Trinajstić information content (AvgIpc) is 2.75. The fourth-order valence-corrected chi connectivity index (χ4v) is 1.30. The number of anilines is 1. The second-order valence-corrected chi connectivity index (χ2v) is 3.35. The topological polar surface area (TPSA) is 80.9 Å². The molecule has 2 heterocycles. The van der Waals surface area contributed by atoms with Gasteiger partial charge in [0.15, 0.2) is 5.69 Å². The third kappa shape index (κ3) is 1.77. The third-order valence-electron chi connectivity index (χ3n) is 1.44. The molecule has 2 rings (SSSR count). The summed E-state index contributed by atoms with van der Waals surface area (Å²) < 4.78 is 4.76. The highest BCUT2D eigenvalue weighted by Gasteiger charge is 2.11. The average molecular weight is 210 g/mol. The van der Waals surface area contributed by atoms with Crippen LogP contribution in [0.1, 0.15) is 16.2 Å². The highest BCUT2D eigenvalue weighted by molar-refractivity contribution is 7.13. The lowest BCUT2D eigenvalue weighted by Crippen LogP contribution is -2.11. The van der Waals surface area contributed by atoms with E-state index in [1.54, 1.807) is 13.0 Å². The summed E-state index contributed by atoms with van der Waals surface area (Å²) >= 11 is 1.24. The molecule has 1 N–H and O–H groups in total. The van der Waals surface area contributed by atoms with Crippen molar-refractivity contribution in [2.24, 2.45) is 0 Å². The van der Waals surface area contributed by atoms with Crippen LogP contribution in [0.15, 0.2) is 16.1 Å². The lowest BCUT2D eigenvalue weighted by Gasteiger charge is -1.94. The Morgan fingerprint density at radius 1 is 1.64 bits per heavy atom. The lowest BCUT2D eigenvalue weighted by atomic mass is 10.4. The van der Waals surface area contributed by atoms with Gasteiger partial charge >= 0.3 is 0 Å². The molecule has 0 bridgehead atoms. The third-order valence-corrected chi connectivity index (χ3v) is 2.05. The zero-order valence-electron chi connectivity index (χ0n) is 7.22. The van der Waals surface area contributed by atoms with Crippen molar-refractivity contribution in [2.75, 3.05) is 5.32 Å². The minimum absolute atomic E-state index is 0.234. The Balaban J connectivity index is 2.10. The first-order valence-electron chi connectivity index (χ1n) is 3.76. The van der Waals surface area contributed by atoms with Gasteiger partial charge < -0.3 is 4.52 Å². The van der Waals surface area contributed by atoms with Crippen LogP contribution in [0.2, 0.25) is 0 Å². The summed E-state index contributed by atoms with van der Waals surface area (Å²) in [6.07, 6.45) is 0. The van der Waals surface area contributed by atoms with Gasteiger partial charge in [-0.3, -0.25) is 10.1 Å². The summed E-state index contributed by atoms with van der Waals surface area (Å²) in [7, 11) is 0. The van der Waals surface area contributed by atoms with Crippen molar-refractivity contribution < 1.29 is 9.32 Å². The van der Waals surface area contributed by atoms with Crippen molar-refractivity contribution in [3.63, 3.8) is 0 Å². The molecule has 0 aliphatic heterocycles. The molecular weight excluding hydrogens is 204 g/mol. The van der Waals surface area contributed by atoms with Gasteiger partial charge in [-0.25, -0.2) is 0 Å². The van der Waals surface area contributed by atoms with E-state index >= 15 is 0 Å². The van der Waals surface area contributed by atoms with E-state index in [-0.39, 0.29) is 11.6 Å². The molecule has 2 aromatic rings. The molecule has 14 heavy (non-hydrogen) atoms. The van der Waals surface area contributed by atoms with Crippen LogP contribution in [0, 0.1) is 6.92 Å². The Hall–Kier alpha value is -1.76. The molecule has 2 aromatic heterocycles. The molecule has 72 valence electrons. The summed E-state index contributed by atoms with van der Waals surface area (Å²) in [6.45, 7) is 1.72. The monoisotopic (exact) mass is 210 g/mol. The molecular formula is C7H6N4O2S. The van der Waals surface area contributed by atoms with Gasteiger partial charge in [0.2, 0.25) is 5.13 Å². The number of hydrogen-bond acceptors (Lipinski definition) is 6. The molecule has 0 aliphatic rings. The van der Waals surface area contributed by atoms with E-state index in [1.807, 2.05) is 0 Å². The number of amides is 1. The largest absolute Gasteiger partial charge is 0.361 e. The number of rotatable bonds is 2. The van der Waals surface area contributed by atoms with Gasteiger partial charge in [-0.1, -0.05) is 16.5 Å². The predicted molar refractivity (Wildman–Crippen MR) is 49.1 cm³/mol. The molecule has 1 amide bonds. The maximum Gasteiger partial charge on any atom is 0.279 e. The van der Waals surface area contributed by atoms with Crippen LogP contribution in [0.4, 0.5) is 5.13 Å². The molecule has 0 fully saturated rings. The standard InChI is InChI=1S/C7H6N4O2S/c1-4-2-5(11-13-4)6(12)9-7-10-8-3-14-7/h2-3H,1H3,(H,9,10,12). The minimum Gasteiger partial charge on any atom is -0.361 e. The smallest absolute Gasteiger partial charge is 0.279 e. The number of carbonyl (C=O) groups is 1. The van der Waals surface area contributed by atoms with Gasteiger partial charge in [0.1, 0.15) is 11.3 Å². The number of carbonyl (C=O) groups excluding carboxylic acids is 1. The van der Waals surface area contributed by atoms with Crippen molar-refractivity contribution in [3.8, 4) is 0 Å². The summed E-state index contributed by atoms with van der Waals surface area (Å²) in [5.41, 5.74) is 1.77. The highest BCUT2D eigenvalue weighted by Crippen LogP contribution is 2.10. The predicted octanol–water partition coefficient (Wildman–Crippen LogP) is 1.09. The Bertz CT molecular complexity index is 436. The first-order chi connectivity index (χ1) is 6.75. The summed E-state index contributed by atoms with van der Waals surface area (Å²) in [5, 5.41) is 13.8. The molecule has 0 atom stereocenters. The van der Waals surface area contributed by atoms with E-state index in [0.29, 0.717) is 10.9 Å². The molecule has 0 saturated heterocycles. The fraction of sp³-hybridized carbons (Fsp3) is 0.143. The Labute approximate surface area is 82.9 Å². The van der Waals surface area contributed by atoms with Gasteiger partial charge in [0.05, 0.1) is 0 Å². The first kappa shape index (κ1) is 8.82. The number of nitrogens with one attached hydrogen (secondary N) is 1. The first-order valence-corrected chi connectivity index (χ1v) is 4.64. The van der Waals surface area contributed by atoms with Gasteiger partial charge in [-0.15, -0.1) is 10.2 Å². The molecule has 0 aliphatic carbocycles. The van der Waals surface area contributed by atoms with Crippen LogP contribution in [-0.2, 0) is 0 Å². The van der Waals surface area contributed by atoms with Crippen LogP contribution in [-0.4, -0.2) is 21.3 Å². The molecule has 0 spiro atoms. The normalized spacial score (nSPS) is 10.1. The van der Waals surface area contributed by atoms with Crippen molar-refractivity contribution in [1.29, 1.82) is 0 Å². The fourth-order valence-electron chi connectivity index (χ4n) is 0.862. The molecule has 0 radical (unpaired) electrons. The van der Waals surface area contributed by atoms with E-state index in [1.165, 1.54) is 16.8 Å². The maximum atomic E-state index is 11.4. The van der Waals surface area contributed by atoms with Crippen molar-refractivity contribution >= 4 is 22.4 Å². The highest BCUT2D eigenvalue weighted by atomic mass is 32.1. The van der Waals surface area contributed by atoms with Crippen LogP contribution >= 0.6 is 11.3 Å². The van der Waals surface area contributed by atoms with Crippen molar-refractivity contribution in [1.82, 2.24) is 15.4 Å². The number of hydrogen-bond donors (Lipinski definition) is 1. The van der Waals surface area contributed by atoms with E-state index in [9.17, 15) is 4.79 Å². The Morgan fingerprint density at radius 3 is 3.07 bits per heavy atom. The van der Waals surface area contributed by atoms with E-state index < -0.39 is 0 Å². The van der Waals surface area contributed by atoms with E-state index in [0.717, 1.165) is 0 Å². The minimum atomic E-state index is -0.349. The summed E-state index contributed by atoms with van der Waals surface area (Å²) in [6, 6.07) is 1.55. The second-order valence-electron chi connectivity index (χ2n) is 2.52. The zero-order valence-corrected chi connectivity index (χ0v) is 8.04. The quantitative estimate of drug-likeness (QED) is 0.802. The Kier molecular flexibility index (Phi) is 2.23. The maximum absolute atomic E-state index is 11.4. The van der Waals surface area contributed by atoms with Crippen molar-refractivity contribution in [3.05, 3.63) is 23.0 Å². The Morgan fingerprint density at radius 2 is 2.50 bits per heavy atom.